The lowest BCUT2D eigenvalue weighted by molar-refractivity contribution is -0.125. The number of amides is 2. The van der Waals surface area contributed by atoms with Crippen LogP contribution in [0.4, 0.5) is 11.4 Å². The van der Waals surface area contributed by atoms with Crippen molar-refractivity contribution in [3.63, 3.8) is 0 Å². The Labute approximate surface area is 134 Å². The highest BCUT2D eigenvalue weighted by Gasteiger charge is 2.30. The van der Waals surface area contributed by atoms with Gasteiger partial charge >= 0.3 is 0 Å². The van der Waals surface area contributed by atoms with Gasteiger partial charge in [0.15, 0.2) is 6.10 Å². The van der Waals surface area contributed by atoms with Crippen LogP contribution >= 0.6 is 0 Å². The number of carbonyl (C=O) groups excluding carboxylic acids is 2. The summed E-state index contributed by atoms with van der Waals surface area (Å²) in [5, 5.41) is 2.80. The van der Waals surface area contributed by atoms with Gasteiger partial charge in [0.2, 0.25) is 0 Å². The third kappa shape index (κ3) is 2.88. The van der Waals surface area contributed by atoms with E-state index in [-0.39, 0.29) is 11.8 Å². The SMILES string of the molecule is CCN1C(=O)C(C)Oc2cc(NC(=O)c3cccnc3)ccc21. The van der Waals surface area contributed by atoms with E-state index in [1.807, 2.05) is 6.92 Å². The number of rotatable bonds is 3. The van der Waals surface area contributed by atoms with Crippen molar-refractivity contribution >= 4 is 23.2 Å². The summed E-state index contributed by atoms with van der Waals surface area (Å²) in [4.78, 5) is 29.9. The van der Waals surface area contributed by atoms with E-state index >= 15 is 0 Å². The van der Waals surface area contributed by atoms with E-state index in [2.05, 4.69) is 10.3 Å². The van der Waals surface area contributed by atoms with Crippen LogP contribution in [0.5, 0.6) is 5.75 Å². The zero-order valence-electron chi connectivity index (χ0n) is 12.9. The van der Waals surface area contributed by atoms with E-state index < -0.39 is 6.10 Å². The number of hydrogen-bond acceptors (Lipinski definition) is 4. The molecule has 0 spiro atoms. The summed E-state index contributed by atoms with van der Waals surface area (Å²) in [7, 11) is 0. The van der Waals surface area contributed by atoms with E-state index in [1.165, 1.54) is 6.20 Å². The molecule has 1 aliphatic heterocycles. The quantitative estimate of drug-likeness (QED) is 0.945. The Morgan fingerprint density at radius 2 is 2.22 bits per heavy atom. The summed E-state index contributed by atoms with van der Waals surface area (Å²) in [6.07, 6.45) is 2.58. The minimum Gasteiger partial charge on any atom is -0.479 e. The first-order valence-electron chi connectivity index (χ1n) is 7.43. The molecule has 1 aromatic heterocycles. The number of ether oxygens (including phenoxy) is 1. The number of carbonyl (C=O) groups is 2. The van der Waals surface area contributed by atoms with Gasteiger partial charge in [0.25, 0.3) is 11.8 Å². The van der Waals surface area contributed by atoms with Gasteiger partial charge in [-0.2, -0.15) is 0 Å². The highest BCUT2D eigenvalue weighted by atomic mass is 16.5. The first-order valence-corrected chi connectivity index (χ1v) is 7.43. The molecule has 1 aromatic carbocycles. The molecule has 2 amide bonds. The molecule has 118 valence electrons. The molecule has 1 N–H and O–H groups in total. The molecule has 0 bridgehead atoms. The van der Waals surface area contributed by atoms with Crippen LogP contribution in [-0.2, 0) is 4.79 Å². The number of anilines is 2. The number of fused-ring (bicyclic) bond motifs is 1. The van der Waals surface area contributed by atoms with Crippen LogP contribution in [0.1, 0.15) is 24.2 Å². The molecular formula is C17H17N3O3. The lowest BCUT2D eigenvalue weighted by atomic mass is 10.1. The lowest BCUT2D eigenvalue weighted by Crippen LogP contribution is -2.44. The van der Waals surface area contributed by atoms with Crippen LogP contribution in [0.25, 0.3) is 0 Å². The van der Waals surface area contributed by atoms with Gasteiger partial charge < -0.3 is 15.0 Å². The molecule has 1 atom stereocenters. The largest absolute Gasteiger partial charge is 0.479 e. The smallest absolute Gasteiger partial charge is 0.267 e. The highest BCUT2D eigenvalue weighted by Crippen LogP contribution is 2.36. The number of benzene rings is 1. The van der Waals surface area contributed by atoms with Crippen molar-refractivity contribution in [3.8, 4) is 5.75 Å². The third-order valence-corrected chi connectivity index (χ3v) is 3.67. The molecule has 2 heterocycles. The Morgan fingerprint density at radius 3 is 2.91 bits per heavy atom. The molecule has 0 radical (unpaired) electrons. The Hall–Kier alpha value is -2.89. The van der Waals surface area contributed by atoms with Crippen LogP contribution in [0.3, 0.4) is 0 Å². The maximum Gasteiger partial charge on any atom is 0.267 e. The van der Waals surface area contributed by atoms with Gasteiger partial charge in [-0.05, 0) is 38.1 Å². The third-order valence-electron chi connectivity index (χ3n) is 3.67. The van der Waals surface area contributed by atoms with Crippen molar-refractivity contribution in [2.24, 2.45) is 0 Å². The second-order valence-electron chi connectivity index (χ2n) is 5.22. The number of aromatic nitrogens is 1. The van der Waals surface area contributed by atoms with Crippen LogP contribution < -0.4 is 15.0 Å². The van der Waals surface area contributed by atoms with Crippen LogP contribution in [0.2, 0.25) is 0 Å². The molecule has 6 heteroatoms. The molecule has 0 saturated carbocycles. The zero-order chi connectivity index (χ0) is 16.4. The molecule has 6 nitrogen and oxygen atoms in total. The van der Waals surface area contributed by atoms with Gasteiger partial charge in [-0.15, -0.1) is 0 Å². The highest BCUT2D eigenvalue weighted by molar-refractivity contribution is 6.05. The normalized spacial score (nSPS) is 16.5. The van der Waals surface area contributed by atoms with Gasteiger partial charge in [0.05, 0.1) is 11.3 Å². The van der Waals surface area contributed by atoms with Crippen molar-refractivity contribution in [2.75, 3.05) is 16.8 Å². The minimum absolute atomic E-state index is 0.0628. The Kier molecular flexibility index (Phi) is 3.97. The summed E-state index contributed by atoms with van der Waals surface area (Å²) in [6, 6.07) is 8.66. The fourth-order valence-corrected chi connectivity index (χ4v) is 2.51. The van der Waals surface area contributed by atoms with E-state index in [0.717, 1.165) is 5.69 Å². The van der Waals surface area contributed by atoms with Gasteiger partial charge in [0, 0.05) is 30.7 Å². The fourth-order valence-electron chi connectivity index (χ4n) is 2.51. The number of likely N-dealkylation sites (N-methyl/N-ethyl adjacent to an activating group) is 1. The maximum atomic E-state index is 12.2. The second kappa shape index (κ2) is 6.08. The fraction of sp³-hybridized carbons (Fsp3) is 0.235. The molecular weight excluding hydrogens is 294 g/mol. The predicted octanol–water partition coefficient (Wildman–Crippen LogP) is 2.47. The number of nitrogens with zero attached hydrogens (tertiary/aromatic N) is 2. The summed E-state index contributed by atoms with van der Waals surface area (Å²) >= 11 is 0. The second-order valence-corrected chi connectivity index (χ2v) is 5.22. The Morgan fingerprint density at radius 1 is 1.39 bits per heavy atom. The maximum absolute atomic E-state index is 12.2. The number of pyridine rings is 1. The summed E-state index contributed by atoms with van der Waals surface area (Å²) in [6.45, 7) is 4.20. The Bertz CT molecular complexity index is 746. The predicted molar refractivity (Wildman–Crippen MR) is 86.7 cm³/mol. The van der Waals surface area contributed by atoms with Crippen molar-refractivity contribution in [1.82, 2.24) is 4.98 Å². The molecule has 0 aliphatic carbocycles. The summed E-state index contributed by atoms with van der Waals surface area (Å²) < 4.78 is 5.65. The van der Waals surface area contributed by atoms with Gasteiger partial charge in [-0.3, -0.25) is 14.6 Å². The molecule has 0 saturated heterocycles. The van der Waals surface area contributed by atoms with Crippen molar-refractivity contribution in [1.29, 1.82) is 0 Å². The van der Waals surface area contributed by atoms with Crippen molar-refractivity contribution in [3.05, 3.63) is 48.3 Å². The van der Waals surface area contributed by atoms with Crippen LogP contribution in [0, 0.1) is 0 Å². The number of nitrogens with one attached hydrogen (secondary N) is 1. The van der Waals surface area contributed by atoms with Gasteiger partial charge in [0.1, 0.15) is 5.75 Å². The first kappa shape index (κ1) is 15.0. The standard InChI is InChI=1S/C17H17N3O3/c1-3-20-14-7-6-13(9-15(14)23-11(2)17(20)22)19-16(21)12-5-4-8-18-10-12/h4-11H,3H2,1-2H3,(H,19,21). The topological polar surface area (TPSA) is 71.5 Å². The summed E-state index contributed by atoms with van der Waals surface area (Å²) in [5.74, 6) is 0.278. The van der Waals surface area contributed by atoms with Crippen molar-refractivity contribution < 1.29 is 14.3 Å². The monoisotopic (exact) mass is 311 g/mol. The van der Waals surface area contributed by atoms with E-state index in [1.54, 1.807) is 48.4 Å². The first-order chi connectivity index (χ1) is 11.1. The zero-order valence-corrected chi connectivity index (χ0v) is 12.9. The Balaban J connectivity index is 1.85. The van der Waals surface area contributed by atoms with E-state index in [9.17, 15) is 9.59 Å². The summed E-state index contributed by atoms with van der Waals surface area (Å²) in [5.41, 5.74) is 1.80. The van der Waals surface area contributed by atoms with E-state index in [4.69, 9.17) is 4.74 Å². The average Bonchev–Trinajstić information content (AvgIpc) is 2.57. The van der Waals surface area contributed by atoms with Gasteiger partial charge in [-0.1, -0.05) is 0 Å². The van der Waals surface area contributed by atoms with E-state index in [0.29, 0.717) is 23.5 Å². The molecule has 1 unspecified atom stereocenters. The van der Waals surface area contributed by atoms with Gasteiger partial charge in [-0.25, -0.2) is 0 Å². The number of hydrogen-bond donors (Lipinski definition) is 1. The van der Waals surface area contributed by atoms with Crippen LogP contribution in [-0.4, -0.2) is 29.4 Å². The minimum atomic E-state index is -0.535. The van der Waals surface area contributed by atoms with Crippen molar-refractivity contribution in [2.45, 2.75) is 20.0 Å². The molecule has 2 aromatic rings. The lowest BCUT2D eigenvalue weighted by Gasteiger charge is -2.32. The molecule has 0 fully saturated rings. The average molecular weight is 311 g/mol. The molecule has 3 rings (SSSR count). The molecule has 1 aliphatic rings. The molecule has 23 heavy (non-hydrogen) atoms. The van der Waals surface area contributed by atoms with Crippen LogP contribution in [0.15, 0.2) is 42.7 Å².